The first-order chi connectivity index (χ1) is 13.3. The smallest absolute Gasteiger partial charge is 0.335 e. The molecule has 0 fully saturated rings. The van der Waals surface area contributed by atoms with E-state index in [2.05, 4.69) is 25.4 Å². The zero-order valence-electron chi connectivity index (χ0n) is 15.0. The molecule has 0 saturated carbocycles. The van der Waals surface area contributed by atoms with Gasteiger partial charge in [0.1, 0.15) is 23.3 Å². The van der Waals surface area contributed by atoms with Crippen molar-refractivity contribution < 1.29 is 17.9 Å². The van der Waals surface area contributed by atoms with E-state index in [1.54, 1.807) is 26.0 Å². The van der Waals surface area contributed by atoms with E-state index in [0.29, 0.717) is 11.4 Å². The Hall–Kier alpha value is -3.54. The number of nitrogens with zero attached hydrogens (tertiary/aromatic N) is 5. The van der Waals surface area contributed by atoms with Gasteiger partial charge in [-0.15, -0.1) is 0 Å². The number of urea groups is 1. The van der Waals surface area contributed by atoms with Gasteiger partial charge in [-0.25, -0.2) is 37.6 Å². The lowest BCUT2D eigenvalue weighted by molar-refractivity contribution is 0.215. The molecule has 2 amide bonds. The minimum absolute atomic E-state index is 0.000849. The zero-order valence-corrected chi connectivity index (χ0v) is 15.8. The number of aryl methyl sites for hydroxylation is 2. The van der Waals surface area contributed by atoms with Crippen molar-refractivity contribution in [3.63, 3.8) is 0 Å². The van der Waals surface area contributed by atoms with Crippen LogP contribution in [0.2, 0.25) is 0 Å². The third kappa shape index (κ3) is 4.79. The lowest BCUT2D eigenvalue weighted by Gasteiger charge is -2.13. The maximum Gasteiger partial charge on any atom is 0.335 e. The summed E-state index contributed by atoms with van der Waals surface area (Å²) in [5.41, 5.74) is 1.27. The van der Waals surface area contributed by atoms with Gasteiger partial charge in [0.25, 0.3) is 10.0 Å². The van der Waals surface area contributed by atoms with Gasteiger partial charge in [0.2, 0.25) is 5.95 Å². The molecule has 2 aromatic heterocycles. The molecule has 0 radical (unpaired) electrons. The summed E-state index contributed by atoms with van der Waals surface area (Å²) in [4.78, 5) is 23.8. The standard InChI is InChI=1S/C16H17N7O4S/c1-11-7-12(2)20-15(19-11)21-16(24)22-28(25,26)14-6-4-3-5-13(14)27-10-23-9-17-8-18-23/h3-9H,10H2,1-2H3,(H2,19,20,21,22,24). The summed E-state index contributed by atoms with van der Waals surface area (Å²) in [6.45, 7) is 3.42. The van der Waals surface area contributed by atoms with Crippen LogP contribution < -0.4 is 14.8 Å². The van der Waals surface area contributed by atoms with Crippen molar-refractivity contribution >= 4 is 22.0 Å². The van der Waals surface area contributed by atoms with Gasteiger partial charge in [0, 0.05) is 11.4 Å². The van der Waals surface area contributed by atoms with E-state index >= 15 is 0 Å². The molecule has 0 bridgehead atoms. The number of hydrogen-bond donors (Lipinski definition) is 2. The molecule has 3 aromatic rings. The lowest BCUT2D eigenvalue weighted by Crippen LogP contribution is -2.35. The Bertz CT molecular complexity index is 1060. The molecule has 2 heterocycles. The largest absolute Gasteiger partial charge is 0.470 e. The van der Waals surface area contributed by atoms with Gasteiger partial charge in [0.15, 0.2) is 6.73 Å². The fraction of sp³-hybridized carbons (Fsp3) is 0.188. The number of amides is 2. The molecular weight excluding hydrogens is 386 g/mol. The molecule has 2 N–H and O–H groups in total. The highest BCUT2D eigenvalue weighted by Gasteiger charge is 2.22. The number of ether oxygens (including phenoxy) is 1. The first-order valence-electron chi connectivity index (χ1n) is 8.04. The van der Waals surface area contributed by atoms with Crippen molar-refractivity contribution in [3.05, 3.63) is 54.4 Å². The van der Waals surface area contributed by atoms with Crippen LogP contribution in [-0.4, -0.2) is 39.2 Å². The quantitative estimate of drug-likeness (QED) is 0.626. The van der Waals surface area contributed by atoms with Crippen molar-refractivity contribution in [1.82, 2.24) is 29.5 Å². The molecule has 28 heavy (non-hydrogen) atoms. The molecule has 11 nitrogen and oxygen atoms in total. The van der Waals surface area contributed by atoms with E-state index in [-0.39, 0.29) is 23.3 Å². The molecule has 0 aliphatic rings. The number of aromatic nitrogens is 5. The van der Waals surface area contributed by atoms with Crippen LogP contribution in [0.1, 0.15) is 11.4 Å². The second-order valence-electron chi connectivity index (χ2n) is 5.69. The predicted octanol–water partition coefficient (Wildman–Crippen LogP) is 1.23. The first-order valence-corrected chi connectivity index (χ1v) is 9.52. The average molecular weight is 403 g/mol. The minimum Gasteiger partial charge on any atom is -0.470 e. The zero-order chi connectivity index (χ0) is 20.1. The first kappa shape index (κ1) is 19.2. The van der Waals surface area contributed by atoms with Crippen molar-refractivity contribution in [3.8, 4) is 5.75 Å². The monoisotopic (exact) mass is 403 g/mol. The molecular formula is C16H17N7O4S. The Morgan fingerprint density at radius 1 is 1.18 bits per heavy atom. The number of anilines is 1. The summed E-state index contributed by atoms with van der Waals surface area (Å²) >= 11 is 0. The maximum atomic E-state index is 12.6. The van der Waals surface area contributed by atoms with Crippen molar-refractivity contribution in [1.29, 1.82) is 0 Å². The van der Waals surface area contributed by atoms with Gasteiger partial charge in [-0.3, -0.25) is 5.32 Å². The van der Waals surface area contributed by atoms with Crippen LogP contribution in [0.25, 0.3) is 0 Å². The molecule has 0 unspecified atom stereocenters. The second-order valence-corrected chi connectivity index (χ2v) is 7.34. The summed E-state index contributed by atoms with van der Waals surface area (Å²) < 4.78 is 34.0. The van der Waals surface area contributed by atoms with Gasteiger partial charge in [-0.05, 0) is 32.0 Å². The van der Waals surface area contributed by atoms with Crippen LogP contribution in [-0.2, 0) is 16.8 Å². The van der Waals surface area contributed by atoms with Crippen LogP contribution in [0.4, 0.5) is 10.7 Å². The highest BCUT2D eigenvalue weighted by atomic mass is 32.2. The number of carbonyl (C=O) groups is 1. The Labute approximate surface area is 160 Å². The van der Waals surface area contributed by atoms with Crippen LogP contribution in [0.3, 0.4) is 0 Å². The van der Waals surface area contributed by atoms with Crippen molar-refractivity contribution in [2.24, 2.45) is 0 Å². The number of sulfonamides is 1. The fourth-order valence-corrected chi connectivity index (χ4v) is 3.37. The summed E-state index contributed by atoms with van der Waals surface area (Å²) in [6, 6.07) is 6.65. The highest BCUT2D eigenvalue weighted by Crippen LogP contribution is 2.23. The Kier molecular flexibility index (Phi) is 5.49. The topological polar surface area (TPSA) is 141 Å². The van der Waals surface area contributed by atoms with Gasteiger partial charge >= 0.3 is 6.03 Å². The van der Waals surface area contributed by atoms with E-state index in [1.165, 1.54) is 35.5 Å². The molecule has 0 aliphatic heterocycles. The molecule has 146 valence electrons. The molecule has 3 rings (SSSR count). The van der Waals surface area contributed by atoms with E-state index in [0.717, 1.165) is 0 Å². The number of para-hydroxylation sites is 1. The number of rotatable bonds is 6. The molecule has 12 heteroatoms. The molecule has 0 saturated heterocycles. The predicted molar refractivity (Wildman–Crippen MR) is 97.9 cm³/mol. The van der Waals surface area contributed by atoms with Crippen LogP contribution in [0, 0.1) is 13.8 Å². The third-order valence-electron chi connectivity index (χ3n) is 3.39. The highest BCUT2D eigenvalue weighted by molar-refractivity contribution is 7.90. The van der Waals surface area contributed by atoms with Crippen LogP contribution >= 0.6 is 0 Å². The Balaban J connectivity index is 1.74. The minimum atomic E-state index is -4.21. The normalized spacial score (nSPS) is 11.1. The number of hydrogen-bond acceptors (Lipinski definition) is 8. The summed E-state index contributed by atoms with van der Waals surface area (Å²) in [7, 11) is -4.21. The van der Waals surface area contributed by atoms with Gasteiger partial charge in [0.05, 0.1) is 0 Å². The van der Waals surface area contributed by atoms with E-state index in [9.17, 15) is 13.2 Å². The van der Waals surface area contributed by atoms with Crippen molar-refractivity contribution in [2.45, 2.75) is 25.5 Å². The molecule has 0 atom stereocenters. The second kappa shape index (κ2) is 8.00. The third-order valence-corrected chi connectivity index (χ3v) is 4.76. The summed E-state index contributed by atoms with van der Waals surface area (Å²) in [6.07, 6.45) is 2.75. The van der Waals surface area contributed by atoms with E-state index < -0.39 is 16.1 Å². The Morgan fingerprint density at radius 3 is 2.57 bits per heavy atom. The van der Waals surface area contributed by atoms with Crippen LogP contribution in [0.15, 0.2) is 47.9 Å². The van der Waals surface area contributed by atoms with Gasteiger partial charge in [-0.2, -0.15) is 5.10 Å². The number of nitrogens with one attached hydrogen (secondary N) is 2. The molecule has 0 spiro atoms. The lowest BCUT2D eigenvalue weighted by atomic mass is 10.3. The molecule has 0 aliphatic carbocycles. The van der Waals surface area contributed by atoms with Gasteiger partial charge < -0.3 is 4.74 Å². The van der Waals surface area contributed by atoms with E-state index in [1.807, 2.05) is 4.72 Å². The Morgan fingerprint density at radius 2 is 1.89 bits per heavy atom. The van der Waals surface area contributed by atoms with Crippen molar-refractivity contribution in [2.75, 3.05) is 5.32 Å². The average Bonchev–Trinajstić information content (AvgIpc) is 3.12. The number of benzene rings is 1. The summed E-state index contributed by atoms with van der Waals surface area (Å²) in [5.74, 6) is 0.0573. The SMILES string of the molecule is Cc1cc(C)nc(NC(=O)NS(=O)(=O)c2ccccc2OCn2cncn2)n1. The number of carbonyl (C=O) groups excluding carboxylic acids is 1. The van der Waals surface area contributed by atoms with Gasteiger partial charge in [-0.1, -0.05) is 12.1 Å². The van der Waals surface area contributed by atoms with Crippen LogP contribution in [0.5, 0.6) is 5.75 Å². The maximum absolute atomic E-state index is 12.6. The molecule has 1 aromatic carbocycles. The summed E-state index contributed by atoms with van der Waals surface area (Å²) in [5, 5.41) is 6.18. The fourth-order valence-electron chi connectivity index (χ4n) is 2.31. The van der Waals surface area contributed by atoms with E-state index in [4.69, 9.17) is 4.74 Å².